The van der Waals surface area contributed by atoms with Crippen molar-refractivity contribution in [3.05, 3.63) is 0 Å². The summed E-state index contributed by atoms with van der Waals surface area (Å²) >= 11 is 0. The van der Waals surface area contributed by atoms with Gasteiger partial charge in [-0.25, -0.2) is 4.39 Å². The molecule has 0 radical (unpaired) electrons. The topological polar surface area (TPSA) is 9.23 Å². The van der Waals surface area contributed by atoms with E-state index in [-0.39, 0.29) is 6.61 Å². The van der Waals surface area contributed by atoms with E-state index in [4.69, 9.17) is 0 Å². The van der Waals surface area contributed by atoms with Gasteiger partial charge in [0.25, 0.3) is 0 Å². The van der Waals surface area contributed by atoms with Crippen LogP contribution in [0.2, 0.25) is 0 Å². The summed E-state index contributed by atoms with van der Waals surface area (Å²) < 4.78 is 16.7. The average Bonchev–Trinajstić information content (AvgIpc) is 1.30. The fourth-order valence-corrected chi connectivity index (χ4v) is 0.555. The average molecular weight is 142 g/mol. The molecule has 0 aliphatic rings. The molecule has 0 fully saturated rings. The van der Waals surface area contributed by atoms with E-state index >= 15 is 0 Å². The Morgan fingerprint density at radius 3 is 2.14 bits per heavy atom. The third-order valence-electron chi connectivity index (χ3n) is 0.366. The Kier molecular flexibility index (Phi) is 3.23. The van der Waals surface area contributed by atoms with Crippen LogP contribution >= 0.6 is 18.5 Å². The number of methoxy groups -OCH3 is 1. The highest BCUT2D eigenvalue weighted by Crippen LogP contribution is 2.27. The molecule has 0 aliphatic heterocycles. The number of hydrogen-bond donors (Lipinski definition) is 0. The van der Waals surface area contributed by atoms with E-state index in [1.807, 2.05) is 18.5 Å². The fraction of sp³-hybridized carbons (Fsp3) is 1.00. The second-order valence-electron chi connectivity index (χ2n) is 1.36. The van der Waals surface area contributed by atoms with Crippen molar-refractivity contribution >= 4 is 18.5 Å². The summed E-state index contributed by atoms with van der Waals surface area (Å²) in [6, 6.07) is 0. The summed E-state index contributed by atoms with van der Waals surface area (Å²) in [4.78, 5) is 0. The first-order valence-corrected chi connectivity index (χ1v) is 2.97. The Labute approximate surface area is 47.4 Å². The van der Waals surface area contributed by atoms with Crippen LogP contribution in [0.25, 0.3) is 0 Å². The van der Waals surface area contributed by atoms with E-state index in [1.165, 1.54) is 7.11 Å². The zero-order valence-electron chi connectivity index (χ0n) is 4.15. The van der Waals surface area contributed by atoms with Gasteiger partial charge in [-0.3, -0.25) is 0 Å². The summed E-state index contributed by atoms with van der Waals surface area (Å²) in [5.74, 6) is 0. The highest BCUT2D eigenvalue weighted by molar-refractivity contribution is 7.39. The van der Waals surface area contributed by atoms with Gasteiger partial charge >= 0.3 is 0 Å². The molecule has 0 saturated heterocycles. The van der Waals surface area contributed by atoms with Crippen LogP contribution in [0.4, 0.5) is 4.39 Å². The molecule has 0 aromatic heterocycles. The highest BCUT2D eigenvalue weighted by Gasteiger charge is 2.13. The van der Waals surface area contributed by atoms with Crippen molar-refractivity contribution in [2.75, 3.05) is 13.7 Å². The predicted octanol–water partition coefficient (Wildman–Crippen LogP) is 1.01. The van der Waals surface area contributed by atoms with E-state index in [2.05, 4.69) is 4.74 Å². The summed E-state index contributed by atoms with van der Waals surface area (Å²) in [6.45, 7) is 0.0995. The van der Waals surface area contributed by atoms with E-state index in [1.54, 1.807) is 0 Å². The first-order valence-electron chi connectivity index (χ1n) is 1.82. The van der Waals surface area contributed by atoms with Crippen LogP contribution in [0.1, 0.15) is 0 Å². The van der Waals surface area contributed by atoms with Crippen molar-refractivity contribution in [3.8, 4) is 0 Å². The third-order valence-corrected chi connectivity index (χ3v) is 0.699. The molecule has 0 amide bonds. The Bertz CT molecular complexity index is 51.4. The zero-order valence-corrected chi connectivity index (χ0v) is 6.46. The molecular formula is C3H9FOP2. The standard InChI is InChI=1S/C3H9FOP2/c1-5-2-3(4,6)7/h2,6-7H2,1H3. The lowest BCUT2D eigenvalue weighted by atomic mass is 10.8. The monoisotopic (exact) mass is 142 g/mol. The summed E-state index contributed by atoms with van der Waals surface area (Å²) in [5, 5.41) is -1.34. The van der Waals surface area contributed by atoms with Gasteiger partial charge in [0, 0.05) is 7.11 Å². The first kappa shape index (κ1) is 7.75. The molecule has 2 unspecified atom stereocenters. The summed E-state index contributed by atoms with van der Waals surface area (Å²) in [7, 11) is 5.48. The van der Waals surface area contributed by atoms with Crippen molar-refractivity contribution < 1.29 is 9.13 Å². The Morgan fingerprint density at radius 1 is 1.71 bits per heavy atom. The van der Waals surface area contributed by atoms with E-state index in [0.29, 0.717) is 0 Å². The van der Waals surface area contributed by atoms with Crippen LogP contribution in [0, 0.1) is 0 Å². The molecule has 0 rings (SSSR count). The molecule has 0 N–H and O–H groups in total. The molecule has 4 heteroatoms. The van der Waals surface area contributed by atoms with E-state index < -0.39 is 5.15 Å². The van der Waals surface area contributed by atoms with Gasteiger partial charge in [-0.05, 0) is 0 Å². The molecule has 1 nitrogen and oxygen atoms in total. The lowest BCUT2D eigenvalue weighted by Crippen LogP contribution is -2.09. The molecule has 2 atom stereocenters. The summed E-state index contributed by atoms with van der Waals surface area (Å²) in [6.07, 6.45) is 0. The van der Waals surface area contributed by atoms with Crippen LogP contribution in [-0.4, -0.2) is 18.9 Å². The molecular weight excluding hydrogens is 133 g/mol. The maximum absolute atomic E-state index is 12.2. The van der Waals surface area contributed by atoms with Crippen LogP contribution < -0.4 is 0 Å². The summed E-state index contributed by atoms with van der Waals surface area (Å²) in [5.41, 5.74) is 0. The smallest absolute Gasteiger partial charge is 0.159 e. The molecule has 0 saturated carbocycles. The molecule has 0 bridgehead atoms. The zero-order chi connectivity index (χ0) is 5.91. The van der Waals surface area contributed by atoms with Crippen LogP contribution in [0.15, 0.2) is 0 Å². The van der Waals surface area contributed by atoms with Gasteiger partial charge < -0.3 is 4.74 Å². The number of alkyl halides is 1. The van der Waals surface area contributed by atoms with Crippen LogP contribution in [0.3, 0.4) is 0 Å². The second-order valence-corrected chi connectivity index (χ2v) is 3.95. The molecule has 0 aromatic carbocycles. The maximum Gasteiger partial charge on any atom is 0.159 e. The van der Waals surface area contributed by atoms with Crippen molar-refractivity contribution in [3.63, 3.8) is 0 Å². The fourth-order valence-electron chi connectivity index (χ4n) is 0.221. The molecule has 0 aliphatic carbocycles. The van der Waals surface area contributed by atoms with Gasteiger partial charge in [0.15, 0.2) is 5.15 Å². The molecule has 0 spiro atoms. The number of rotatable bonds is 2. The lowest BCUT2D eigenvalue weighted by molar-refractivity contribution is 0.148. The molecule has 7 heavy (non-hydrogen) atoms. The first-order chi connectivity index (χ1) is 3.06. The van der Waals surface area contributed by atoms with E-state index in [9.17, 15) is 4.39 Å². The molecule has 44 valence electrons. The largest absolute Gasteiger partial charge is 0.381 e. The van der Waals surface area contributed by atoms with Crippen molar-refractivity contribution in [1.29, 1.82) is 0 Å². The van der Waals surface area contributed by atoms with E-state index in [0.717, 1.165) is 0 Å². The maximum atomic E-state index is 12.2. The van der Waals surface area contributed by atoms with Crippen LogP contribution in [-0.2, 0) is 4.74 Å². The van der Waals surface area contributed by atoms with Crippen molar-refractivity contribution in [1.82, 2.24) is 0 Å². The predicted molar refractivity (Wildman–Crippen MR) is 35.1 cm³/mol. The van der Waals surface area contributed by atoms with Gasteiger partial charge in [-0.1, -0.05) is 18.5 Å². The Balaban J connectivity index is 3.15. The Hall–Kier alpha value is 0.750. The van der Waals surface area contributed by atoms with Gasteiger partial charge in [0.1, 0.15) is 0 Å². The number of hydrogen-bond acceptors (Lipinski definition) is 1. The minimum absolute atomic E-state index is 0.0995. The normalized spacial score (nSPS) is 12.0. The minimum Gasteiger partial charge on any atom is -0.381 e. The Morgan fingerprint density at radius 2 is 2.14 bits per heavy atom. The number of halogens is 1. The lowest BCUT2D eigenvalue weighted by Gasteiger charge is -2.10. The third kappa shape index (κ3) is 6.75. The quantitative estimate of drug-likeness (QED) is 0.522. The molecule has 0 aromatic rings. The minimum atomic E-state index is -1.34. The SMILES string of the molecule is COCC(F)(P)P. The highest BCUT2D eigenvalue weighted by atomic mass is 31.1. The van der Waals surface area contributed by atoms with Crippen molar-refractivity contribution in [2.45, 2.75) is 5.15 Å². The van der Waals surface area contributed by atoms with Gasteiger partial charge in [0.05, 0.1) is 6.61 Å². The number of ether oxygens (including phenoxy) is 1. The van der Waals surface area contributed by atoms with Gasteiger partial charge in [-0.2, -0.15) is 0 Å². The van der Waals surface area contributed by atoms with Gasteiger partial charge in [-0.15, -0.1) is 0 Å². The van der Waals surface area contributed by atoms with Crippen LogP contribution in [0.5, 0.6) is 0 Å². The van der Waals surface area contributed by atoms with Gasteiger partial charge in [0.2, 0.25) is 0 Å². The van der Waals surface area contributed by atoms with Crippen molar-refractivity contribution in [2.24, 2.45) is 0 Å². The second kappa shape index (κ2) is 2.91. The molecule has 0 heterocycles.